The van der Waals surface area contributed by atoms with Crippen molar-refractivity contribution in [3.8, 4) is 0 Å². The highest BCUT2D eigenvalue weighted by molar-refractivity contribution is 5.74. The molecule has 1 N–H and O–H groups in total. The molecule has 6 nitrogen and oxygen atoms in total. The summed E-state index contributed by atoms with van der Waals surface area (Å²) in [6, 6.07) is 0.404. The minimum atomic E-state index is -0.652. The molecule has 0 aromatic heterocycles. The molecule has 3 aliphatic rings. The van der Waals surface area contributed by atoms with Gasteiger partial charge < -0.3 is 19.6 Å². The van der Waals surface area contributed by atoms with E-state index in [9.17, 15) is 14.7 Å². The number of rotatable bonds is 3. The van der Waals surface area contributed by atoms with Crippen LogP contribution >= 0.6 is 0 Å². The van der Waals surface area contributed by atoms with E-state index in [0.29, 0.717) is 17.9 Å². The quantitative estimate of drug-likeness (QED) is 0.830. The molecule has 0 radical (unpaired) electrons. The van der Waals surface area contributed by atoms with Crippen LogP contribution in [0.1, 0.15) is 59.8 Å². The van der Waals surface area contributed by atoms with Gasteiger partial charge in [0.05, 0.1) is 5.41 Å². The Morgan fingerprint density at radius 2 is 1.81 bits per heavy atom. The smallest absolute Gasteiger partial charge is 0.410 e. The number of carbonyl (C=O) groups is 2. The van der Waals surface area contributed by atoms with E-state index >= 15 is 0 Å². The zero-order valence-corrected chi connectivity index (χ0v) is 16.7. The molecule has 148 valence electrons. The lowest BCUT2D eigenvalue weighted by Crippen LogP contribution is -2.56. The molecule has 2 saturated heterocycles. The Kier molecular flexibility index (Phi) is 5.26. The molecule has 3 atom stereocenters. The van der Waals surface area contributed by atoms with E-state index in [4.69, 9.17) is 4.74 Å². The summed E-state index contributed by atoms with van der Waals surface area (Å²) in [4.78, 5) is 28.0. The molecule has 1 aliphatic carbocycles. The Morgan fingerprint density at radius 1 is 1.12 bits per heavy atom. The molecule has 0 bridgehead atoms. The maximum Gasteiger partial charge on any atom is 0.410 e. The van der Waals surface area contributed by atoms with Gasteiger partial charge in [0.2, 0.25) is 0 Å². The van der Waals surface area contributed by atoms with Crippen molar-refractivity contribution in [2.24, 2.45) is 17.3 Å². The van der Waals surface area contributed by atoms with E-state index in [1.54, 1.807) is 0 Å². The Hall–Kier alpha value is -1.30. The minimum Gasteiger partial charge on any atom is -0.481 e. The fraction of sp³-hybridized carbons (Fsp3) is 0.900. The van der Waals surface area contributed by atoms with E-state index in [0.717, 1.165) is 45.4 Å². The van der Waals surface area contributed by atoms with Crippen LogP contribution in [-0.4, -0.2) is 64.8 Å². The fourth-order valence-corrected chi connectivity index (χ4v) is 4.76. The van der Waals surface area contributed by atoms with Crippen molar-refractivity contribution < 1.29 is 19.4 Å². The highest BCUT2D eigenvalue weighted by Gasteiger charge is 2.45. The number of ether oxygens (including phenoxy) is 1. The zero-order valence-electron chi connectivity index (χ0n) is 16.7. The van der Waals surface area contributed by atoms with Crippen LogP contribution in [0.4, 0.5) is 4.79 Å². The van der Waals surface area contributed by atoms with Crippen molar-refractivity contribution in [3.63, 3.8) is 0 Å². The third kappa shape index (κ3) is 4.16. The van der Waals surface area contributed by atoms with Gasteiger partial charge in [-0.25, -0.2) is 4.79 Å². The molecule has 1 amide bonds. The number of carboxylic acids is 1. The Bertz CT molecular complexity index is 553. The number of likely N-dealkylation sites (tertiary alicyclic amines) is 2. The zero-order chi connectivity index (χ0) is 19.1. The molecule has 6 heteroatoms. The molecule has 2 unspecified atom stereocenters. The van der Waals surface area contributed by atoms with Crippen molar-refractivity contribution >= 4 is 12.1 Å². The van der Waals surface area contributed by atoms with Gasteiger partial charge in [0.15, 0.2) is 0 Å². The monoisotopic (exact) mass is 366 g/mol. The van der Waals surface area contributed by atoms with Crippen molar-refractivity contribution in [3.05, 3.63) is 0 Å². The van der Waals surface area contributed by atoms with Crippen molar-refractivity contribution in [1.82, 2.24) is 9.80 Å². The fourth-order valence-electron chi connectivity index (χ4n) is 4.76. The summed E-state index contributed by atoms with van der Waals surface area (Å²) >= 11 is 0. The second kappa shape index (κ2) is 7.02. The van der Waals surface area contributed by atoms with Crippen LogP contribution in [0.25, 0.3) is 0 Å². The SMILES string of the molecule is CC(C)(C)OC(=O)N1CC([C@H]2CCCN(C3CCC(C)(C(=O)O)C3)C2)C1. The summed E-state index contributed by atoms with van der Waals surface area (Å²) in [5.41, 5.74) is -0.995. The van der Waals surface area contributed by atoms with Gasteiger partial charge in [0, 0.05) is 25.7 Å². The van der Waals surface area contributed by atoms with Crippen molar-refractivity contribution in [2.45, 2.75) is 71.4 Å². The first-order valence-corrected chi connectivity index (χ1v) is 10.0. The molecule has 26 heavy (non-hydrogen) atoms. The minimum absolute atomic E-state index is 0.200. The molecular weight excluding hydrogens is 332 g/mol. The van der Waals surface area contributed by atoms with Crippen LogP contribution in [0.15, 0.2) is 0 Å². The Labute approximate surface area is 156 Å². The predicted molar refractivity (Wildman–Crippen MR) is 99.0 cm³/mol. The van der Waals surface area contributed by atoms with Gasteiger partial charge in [0.1, 0.15) is 5.60 Å². The standard InChI is InChI=1S/C20H34N2O4/c1-19(2,3)26-18(25)22-12-15(13-22)14-6-5-9-21(11-14)16-7-8-20(4,10-16)17(23)24/h14-16H,5-13H2,1-4H3,(H,23,24)/t14-,16?,20?/m0/s1. The Morgan fingerprint density at radius 3 is 2.38 bits per heavy atom. The van der Waals surface area contributed by atoms with Crippen LogP contribution < -0.4 is 0 Å². The summed E-state index contributed by atoms with van der Waals surface area (Å²) in [5.74, 6) is 0.511. The number of carboxylic acid groups (broad SMARTS) is 1. The van der Waals surface area contributed by atoms with Crippen molar-refractivity contribution in [1.29, 1.82) is 0 Å². The number of nitrogens with zero attached hydrogens (tertiary/aromatic N) is 2. The lowest BCUT2D eigenvalue weighted by Gasteiger charge is -2.47. The van der Waals surface area contributed by atoms with Gasteiger partial charge in [-0.3, -0.25) is 4.79 Å². The second-order valence-corrected chi connectivity index (χ2v) is 9.81. The number of hydrogen-bond donors (Lipinski definition) is 1. The molecule has 0 aromatic carbocycles. The third-order valence-corrected chi connectivity index (χ3v) is 6.47. The summed E-state index contributed by atoms with van der Waals surface area (Å²) in [7, 11) is 0. The topological polar surface area (TPSA) is 70.1 Å². The normalized spacial score (nSPS) is 33.8. The van der Waals surface area contributed by atoms with E-state index in [1.165, 1.54) is 12.8 Å². The summed E-state index contributed by atoms with van der Waals surface area (Å²) in [5, 5.41) is 9.47. The van der Waals surface area contributed by atoms with E-state index in [-0.39, 0.29) is 6.09 Å². The third-order valence-electron chi connectivity index (χ3n) is 6.47. The first-order chi connectivity index (χ1) is 12.1. The molecule has 1 saturated carbocycles. The van der Waals surface area contributed by atoms with Gasteiger partial charge in [-0.1, -0.05) is 0 Å². The first-order valence-electron chi connectivity index (χ1n) is 10.0. The summed E-state index contributed by atoms with van der Waals surface area (Å²) in [6.45, 7) is 11.3. The van der Waals surface area contributed by atoms with Crippen LogP contribution in [-0.2, 0) is 9.53 Å². The van der Waals surface area contributed by atoms with Gasteiger partial charge in [-0.2, -0.15) is 0 Å². The van der Waals surface area contributed by atoms with Gasteiger partial charge in [-0.05, 0) is 78.2 Å². The van der Waals surface area contributed by atoms with E-state index < -0.39 is 17.0 Å². The van der Waals surface area contributed by atoms with Gasteiger partial charge >= 0.3 is 12.1 Å². The maximum absolute atomic E-state index is 12.1. The number of aliphatic carboxylic acids is 1. The number of amides is 1. The highest BCUT2D eigenvalue weighted by Crippen LogP contribution is 2.42. The predicted octanol–water partition coefficient (Wildman–Crippen LogP) is 3.21. The number of piperidine rings is 1. The Balaban J connectivity index is 1.48. The van der Waals surface area contributed by atoms with E-state index in [2.05, 4.69) is 4.90 Å². The van der Waals surface area contributed by atoms with Crippen LogP contribution in [0.5, 0.6) is 0 Å². The van der Waals surface area contributed by atoms with Gasteiger partial charge in [-0.15, -0.1) is 0 Å². The molecule has 0 aromatic rings. The average Bonchev–Trinajstić information content (AvgIpc) is 2.88. The highest BCUT2D eigenvalue weighted by atomic mass is 16.6. The average molecular weight is 367 g/mol. The molecule has 2 aliphatic heterocycles. The van der Waals surface area contributed by atoms with Crippen LogP contribution in [0, 0.1) is 17.3 Å². The van der Waals surface area contributed by atoms with Crippen LogP contribution in [0.2, 0.25) is 0 Å². The largest absolute Gasteiger partial charge is 0.481 e. The summed E-state index contributed by atoms with van der Waals surface area (Å²) < 4.78 is 5.45. The lowest BCUT2D eigenvalue weighted by molar-refractivity contribution is -0.147. The molecule has 3 fully saturated rings. The van der Waals surface area contributed by atoms with Gasteiger partial charge in [0.25, 0.3) is 0 Å². The lowest BCUT2D eigenvalue weighted by atomic mass is 9.80. The maximum atomic E-state index is 12.1. The molecular formula is C20H34N2O4. The van der Waals surface area contributed by atoms with Crippen molar-refractivity contribution in [2.75, 3.05) is 26.2 Å². The van der Waals surface area contributed by atoms with Crippen LogP contribution in [0.3, 0.4) is 0 Å². The molecule has 2 heterocycles. The summed E-state index contributed by atoms with van der Waals surface area (Å²) in [6.07, 6.45) is 4.73. The first kappa shape index (κ1) is 19.5. The van der Waals surface area contributed by atoms with E-state index in [1.807, 2.05) is 32.6 Å². The second-order valence-electron chi connectivity index (χ2n) is 9.81. The number of hydrogen-bond acceptors (Lipinski definition) is 4. The number of carbonyl (C=O) groups excluding carboxylic acids is 1. The molecule has 0 spiro atoms. The molecule has 3 rings (SSSR count).